The molecule has 1 aliphatic carbocycles. The van der Waals surface area contributed by atoms with E-state index >= 15 is 0 Å². The van der Waals surface area contributed by atoms with E-state index in [9.17, 15) is 14.7 Å². The molecule has 2 aliphatic rings. The van der Waals surface area contributed by atoms with Crippen LogP contribution in [-0.4, -0.2) is 16.9 Å². The van der Waals surface area contributed by atoms with Gasteiger partial charge in [0.05, 0.1) is 17.0 Å². The number of allylic oxidation sites excluding steroid dienone is 3. The number of carbonyl (C=O) groups is 2. The van der Waals surface area contributed by atoms with Crippen molar-refractivity contribution in [1.29, 1.82) is 0 Å². The number of rotatable bonds is 4. The first kappa shape index (κ1) is 22.5. The zero-order valence-electron chi connectivity index (χ0n) is 18.1. The second kappa shape index (κ2) is 8.46. The van der Waals surface area contributed by atoms with Crippen LogP contribution in [-0.2, 0) is 15.0 Å². The Morgan fingerprint density at radius 2 is 1.71 bits per heavy atom. The minimum Gasteiger partial charge on any atom is -0.508 e. The molecule has 5 rings (SSSR count). The van der Waals surface area contributed by atoms with Crippen LogP contribution in [0.1, 0.15) is 23.5 Å². The van der Waals surface area contributed by atoms with Crippen molar-refractivity contribution in [2.45, 2.75) is 17.8 Å². The number of hydrogen-bond donors (Lipinski definition) is 1. The second-order valence-corrected chi connectivity index (χ2v) is 9.40. The summed E-state index contributed by atoms with van der Waals surface area (Å²) in [6.45, 7) is 3.97. The van der Waals surface area contributed by atoms with Crippen LogP contribution in [0, 0.1) is 5.92 Å². The normalized spacial score (nSPS) is 24.1. The summed E-state index contributed by atoms with van der Waals surface area (Å²) < 4.78 is 0. The van der Waals surface area contributed by atoms with Gasteiger partial charge in [0.25, 0.3) is 0 Å². The molecule has 3 aromatic rings. The number of fused-ring (bicyclic) bond motifs is 1. The van der Waals surface area contributed by atoms with Crippen LogP contribution >= 0.6 is 23.2 Å². The fourth-order valence-electron chi connectivity index (χ4n) is 5.48. The molecule has 0 aromatic heterocycles. The monoisotopic (exact) mass is 489 g/mol. The molecule has 170 valence electrons. The summed E-state index contributed by atoms with van der Waals surface area (Å²) >= 11 is 12.5. The number of halogens is 2. The molecule has 6 heteroatoms. The third-order valence-electron chi connectivity index (χ3n) is 6.86. The summed E-state index contributed by atoms with van der Waals surface area (Å²) in [6.07, 6.45) is 3.97. The van der Waals surface area contributed by atoms with Crippen molar-refractivity contribution in [3.8, 4) is 5.75 Å². The van der Waals surface area contributed by atoms with Crippen molar-refractivity contribution in [1.82, 2.24) is 0 Å². The van der Waals surface area contributed by atoms with Crippen LogP contribution in [0.15, 0.2) is 97.1 Å². The molecule has 1 aliphatic heterocycles. The Labute approximate surface area is 207 Å². The topological polar surface area (TPSA) is 57.6 Å². The Morgan fingerprint density at radius 1 is 0.971 bits per heavy atom. The summed E-state index contributed by atoms with van der Waals surface area (Å²) in [5.41, 5.74) is 1.04. The molecule has 2 amide bonds. The van der Waals surface area contributed by atoms with Crippen LogP contribution in [0.5, 0.6) is 5.75 Å². The fraction of sp³-hybridized carbons (Fsp3) is 0.143. The Hall–Kier alpha value is -3.34. The second-order valence-electron chi connectivity index (χ2n) is 8.53. The lowest BCUT2D eigenvalue weighted by Gasteiger charge is -2.43. The van der Waals surface area contributed by atoms with Crippen LogP contribution in [0.4, 0.5) is 5.69 Å². The average molecular weight is 490 g/mol. The van der Waals surface area contributed by atoms with Crippen LogP contribution < -0.4 is 4.90 Å². The quantitative estimate of drug-likeness (QED) is 0.429. The fourth-order valence-corrected chi connectivity index (χ4v) is 5.84. The standard InChI is InChI=1S/C28H21Cl2NO3/c1-2-17-11-13-23-26(33)31(21-10-6-9-19(29)15-21)27(34)28(23,18-7-4-3-5-8-18)25(17)22-16-20(30)12-14-24(22)32/h2-12,14-16,23,25,32H,1,13H2. The number of imide groups is 1. The maximum Gasteiger partial charge on any atom is 0.246 e. The third-order valence-corrected chi connectivity index (χ3v) is 7.33. The van der Waals surface area contributed by atoms with E-state index in [0.29, 0.717) is 33.3 Å². The van der Waals surface area contributed by atoms with Crippen molar-refractivity contribution in [3.05, 3.63) is 118 Å². The minimum atomic E-state index is -1.30. The van der Waals surface area contributed by atoms with Gasteiger partial charge in [0, 0.05) is 21.5 Å². The summed E-state index contributed by atoms with van der Waals surface area (Å²) in [5.74, 6) is -2.03. The Bertz CT molecular complexity index is 1350. The highest BCUT2D eigenvalue weighted by atomic mass is 35.5. The van der Waals surface area contributed by atoms with Gasteiger partial charge in [-0.3, -0.25) is 9.59 Å². The number of amides is 2. The van der Waals surface area contributed by atoms with Crippen molar-refractivity contribution >= 4 is 40.7 Å². The molecule has 1 fully saturated rings. The summed E-state index contributed by atoms with van der Waals surface area (Å²) in [7, 11) is 0. The van der Waals surface area contributed by atoms with Crippen LogP contribution in [0.3, 0.4) is 0 Å². The van der Waals surface area contributed by atoms with E-state index in [1.54, 1.807) is 42.5 Å². The molecule has 0 spiro atoms. The maximum atomic E-state index is 14.5. The van der Waals surface area contributed by atoms with Gasteiger partial charge in [0.1, 0.15) is 5.75 Å². The number of phenolic OH excluding ortho intramolecular Hbond substituents is 1. The van der Waals surface area contributed by atoms with Gasteiger partial charge in [-0.1, -0.05) is 78.3 Å². The van der Waals surface area contributed by atoms with E-state index in [1.165, 1.54) is 11.0 Å². The molecule has 0 radical (unpaired) electrons. The molecular weight excluding hydrogens is 469 g/mol. The first-order chi connectivity index (χ1) is 16.4. The van der Waals surface area contributed by atoms with Crippen molar-refractivity contribution < 1.29 is 14.7 Å². The summed E-state index contributed by atoms with van der Waals surface area (Å²) in [4.78, 5) is 29.6. The zero-order valence-corrected chi connectivity index (χ0v) is 19.6. The number of anilines is 1. The molecule has 3 aromatic carbocycles. The van der Waals surface area contributed by atoms with Gasteiger partial charge in [-0.2, -0.15) is 0 Å². The number of hydrogen-bond acceptors (Lipinski definition) is 3. The Kier molecular flexibility index (Phi) is 5.59. The molecule has 1 N–H and O–H groups in total. The number of aromatic hydroxyl groups is 1. The highest BCUT2D eigenvalue weighted by Gasteiger charge is 2.66. The number of benzene rings is 3. The van der Waals surface area contributed by atoms with Gasteiger partial charge in [-0.05, 0) is 54.0 Å². The van der Waals surface area contributed by atoms with E-state index in [1.807, 2.05) is 36.4 Å². The van der Waals surface area contributed by atoms with Crippen LogP contribution in [0.2, 0.25) is 10.0 Å². The molecule has 4 nitrogen and oxygen atoms in total. The zero-order chi connectivity index (χ0) is 24.0. The third kappa shape index (κ3) is 3.21. The SMILES string of the molecule is C=CC1=CCC2C(=O)N(c3cccc(Cl)c3)C(=O)C2(c2ccccc2)C1c1cc(Cl)ccc1O. The Balaban J connectivity index is 1.84. The highest BCUT2D eigenvalue weighted by molar-refractivity contribution is 6.32. The summed E-state index contributed by atoms with van der Waals surface area (Å²) in [6, 6.07) is 20.8. The molecule has 1 saturated heterocycles. The van der Waals surface area contributed by atoms with E-state index in [0.717, 1.165) is 5.57 Å². The van der Waals surface area contributed by atoms with Crippen molar-refractivity contribution in [2.75, 3.05) is 4.90 Å². The first-order valence-corrected chi connectivity index (χ1v) is 11.7. The lowest BCUT2D eigenvalue weighted by Crippen LogP contribution is -2.48. The first-order valence-electron chi connectivity index (χ1n) is 10.9. The van der Waals surface area contributed by atoms with Gasteiger partial charge in [-0.15, -0.1) is 0 Å². The minimum absolute atomic E-state index is 0.000407. The predicted octanol–water partition coefficient (Wildman–Crippen LogP) is 6.43. The molecule has 3 unspecified atom stereocenters. The number of phenols is 1. The van der Waals surface area contributed by atoms with Crippen molar-refractivity contribution in [2.24, 2.45) is 5.92 Å². The average Bonchev–Trinajstić information content (AvgIpc) is 3.07. The van der Waals surface area contributed by atoms with E-state index in [4.69, 9.17) is 23.2 Å². The Morgan fingerprint density at radius 3 is 2.41 bits per heavy atom. The number of carbonyl (C=O) groups excluding carboxylic acids is 2. The maximum absolute atomic E-state index is 14.5. The highest BCUT2D eigenvalue weighted by Crippen LogP contribution is 2.59. The molecule has 3 atom stereocenters. The largest absolute Gasteiger partial charge is 0.508 e. The van der Waals surface area contributed by atoms with E-state index in [-0.39, 0.29) is 17.6 Å². The van der Waals surface area contributed by atoms with Gasteiger partial charge in [0.2, 0.25) is 11.8 Å². The lowest BCUT2D eigenvalue weighted by atomic mass is 9.56. The smallest absolute Gasteiger partial charge is 0.246 e. The summed E-state index contributed by atoms with van der Waals surface area (Å²) in [5, 5.41) is 11.8. The van der Waals surface area contributed by atoms with Gasteiger partial charge in [0.15, 0.2) is 0 Å². The van der Waals surface area contributed by atoms with E-state index < -0.39 is 17.3 Å². The lowest BCUT2D eigenvalue weighted by molar-refractivity contribution is -0.123. The number of nitrogens with zero attached hydrogens (tertiary/aromatic N) is 1. The van der Waals surface area contributed by atoms with Gasteiger partial charge < -0.3 is 5.11 Å². The van der Waals surface area contributed by atoms with Gasteiger partial charge in [-0.25, -0.2) is 4.90 Å². The molecular formula is C28H21Cl2NO3. The molecule has 34 heavy (non-hydrogen) atoms. The molecule has 0 bridgehead atoms. The van der Waals surface area contributed by atoms with Gasteiger partial charge >= 0.3 is 0 Å². The van der Waals surface area contributed by atoms with Crippen LogP contribution in [0.25, 0.3) is 0 Å². The van der Waals surface area contributed by atoms with Crippen molar-refractivity contribution in [3.63, 3.8) is 0 Å². The van der Waals surface area contributed by atoms with E-state index in [2.05, 4.69) is 6.58 Å². The predicted molar refractivity (Wildman–Crippen MR) is 134 cm³/mol. The molecule has 1 heterocycles. The molecule has 0 saturated carbocycles.